The molecule has 1 atom stereocenters. The first-order chi connectivity index (χ1) is 14.9. The number of nitrogens with zero attached hydrogens (tertiary/aromatic N) is 2. The van der Waals surface area contributed by atoms with Gasteiger partial charge in [-0.1, -0.05) is 30.3 Å². The monoisotopic (exact) mass is 445 g/mol. The molecule has 31 heavy (non-hydrogen) atoms. The van der Waals surface area contributed by atoms with Gasteiger partial charge in [-0.3, -0.25) is 4.79 Å². The van der Waals surface area contributed by atoms with Gasteiger partial charge in [0, 0.05) is 44.3 Å². The van der Waals surface area contributed by atoms with Gasteiger partial charge in [-0.15, -0.1) is 0 Å². The average Bonchev–Trinajstić information content (AvgIpc) is 3.27. The molecule has 2 aliphatic rings. The third-order valence-electron chi connectivity index (χ3n) is 6.25. The molecule has 166 valence electrons. The molecule has 6 nitrogen and oxygen atoms in total. The Labute approximate surface area is 183 Å². The van der Waals surface area contributed by atoms with Crippen molar-refractivity contribution in [3.63, 3.8) is 0 Å². The maximum absolute atomic E-state index is 14.0. The molecule has 4 rings (SSSR count). The number of sulfonamides is 1. The van der Waals surface area contributed by atoms with Gasteiger partial charge in [0.2, 0.25) is 15.9 Å². The van der Waals surface area contributed by atoms with Crippen molar-refractivity contribution in [1.82, 2.24) is 9.62 Å². The second-order valence-corrected chi connectivity index (χ2v) is 10.2. The van der Waals surface area contributed by atoms with Crippen LogP contribution in [0.4, 0.5) is 10.1 Å². The van der Waals surface area contributed by atoms with Crippen molar-refractivity contribution >= 4 is 21.6 Å². The fourth-order valence-corrected chi connectivity index (χ4v) is 5.95. The number of halogens is 1. The molecule has 1 N–H and O–H groups in total. The highest BCUT2D eigenvalue weighted by atomic mass is 32.2. The second kappa shape index (κ2) is 9.36. The first-order valence-corrected chi connectivity index (χ1v) is 12.2. The van der Waals surface area contributed by atoms with Crippen LogP contribution in [0.1, 0.15) is 19.3 Å². The Kier molecular flexibility index (Phi) is 6.57. The summed E-state index contributed by atoms with van der Waals surface area (Å²) < 4.78 is 40.7. The lowest BCUT2D eigenvalue weighted by Crippen LogP contribution is -2.44. The summed E-state index contributed by atoms with van der Waals surface area (Å²) in [5, 5.41) is 3.07. The number of carbonyl (C=O) groups excluding carboxylic acids is 1. The molecule has 0 radical (unpaired) electrons. The Morgan fingerprint density at radius 1 is 0.968 bits per heavy atom. The first-order valence-electron chi connectivity index (χ1n) is 10.8. The maximum Gasteiger partial charge on any atom is 0.245 e. The van der Waals surface area contributed by atoms with Crippen molar-refractivity contribution in [2.45, 2.75) is 24.2 Å². The largest absolute Gasteiger partial charge is 0.371 e. The zero-order valence-electron chi connectivity index (χ0n) is 17.4. The van der Waals surface area contributed by atoms with Crippen molar-refractivity contribution in [3.05, 3.63) is 60.4 Å². The summed E-state index contributed by atoms with van der Waals surface area (Å²) in [5.41, 5.74) is 1.21. The number of para-hydroxylation sites is 1. The summed E-state index contributed by atoms with van der Waals surface area (Å²) >= 11 is 0. The van der Waals surface area contributed by atoms with E-state index in [1.54, 1.807) is 0 Å². The molecule has 2 saturated heterocycles. The van der Waals surface area contributed by atoms with Gasteiger partial charge in [-0.2, -0.15) is 4.31 Å². The summed E-state index contributed by atoms with van der Waals surface area (Å²) in [5.74, 6) is -0.561. The molecular weight excluding hydrogens is 417 g/mol. The maximum atomic E-state index is 14.0. The van der Waals surface area contributed by atoms with Gasteiger partial charge in [-0.05, 0) is 49.4 Å². The van der Waals surface area contributed by atoms with E-state index in [1.165, 1.54) is 28.2 Å². The third kappa shape index (κ3) is 4.91. The smallest absolute Gasteiger partial charge is 0.245 e. The molecule has 2 fully saturated rings. The molecule has 2 aromatic rings. The molecule has 0 saturated carbocycles. The van der Waals surface area contributed by atoms with Gasteiger partial charge in [0.15, 0.2) is 0 Å². The fraction of sp³-hybridized carbons (Fsp3) is 0.435. The number of anilines is 1. The summed E-state index contributed by atoms with van der Waals surface area (Å²) in [4.78, 5) is 14.7. The minimum atomic E-state index is -3.88. The zero-order chi connectivity index (χ0) is 21.8. The van der Waals surface area contributed by atoms with Crippen LogP contribution in [0.25, 0.3) is 0 Å². The lowest BCUT2D eigenvalue weighted by atomic mass is 9.97. The van der Waals surface area contributed by atoms with E-state index in [1.807, 2.05) is 18.2 Å². The summed E-state index contributed by atoms with van der Waals surface area (Å²) in [6, 6.07) is 15.7. The van der Waals surface area contributed by atoms with Gasteiger partial charge in [0.1, 0.15) is 10.7 Å². The number of rotatable bonds is 6. The quantitative estimate of drug-likeness (QED) is 0.742. The number of piperidine rings is 1. The Bertz CT molecular complexity index is 1010. The van der Waals surface area contributed by atoms with Gasteiger partial charge >= 0.3 is 0 Å². The Balaban J connectivity index is 1.25. The number of nitrogens with one attached hydrogen (secondary N) is 1. The molecule has 0 bridgehead atoms. The molecular formula is C23H28FN3O3S. The van der Waals surface area contributed by atoms with Crippen LogP contribution in [0.3, 0.4) is 0 Å². The van der Waals surface area contributed by atoms with Crippen LogP contribution in [-0.2, 0) is 14.8 Å². The summed E-state index contributed by atoms with van der Waals surface area (Å²) in [6.45, 7) is 2.98. The predicted molar refractivity (Wildman–Crippen MR) is 118 cm³/mol. The molecule has 0 aromatic heterocycles. The zero-order valence-corrected chi connectivity index (χ0v) is 18.2. The standard InChI is InChI=1S/C23H28FN3O3S/c24-21-8-4-5-9-22(21)31(29,30)27-14-11-19(12-15-27)23(28)25-16-18-10-13-26(17-18)20-6-2-1-3-7-20/h1-9,18-19H,10-17H2,(H,25,28). The van der Waals surface area contributed by atoms with E-state index in [2.05, 4.69) is 22.3 Å². The first kappa shape index (κ1) is 21.8. The summed E-state index contributed by atoms with van der Waals surface area (Å²) in [6.07, 6.45) is 1.93. The Hall–Kier alpha value is -2.45. The second-order valence-electron chi connectivity index (χ2n) is 8.29. The van der Waals surface area contributed by atoms with E-state index in [-0.39, 0.29) is 29.8 Å². The lowest BCUT2D eigenvalue weighted by molar-refractivity contribution is -0.126. The van der Waals surface area contributed by atoms with Crippen LogP contribution in [0.5, 0.6) is 0 Å². The minimum absolute atomic E-state index is 0.0129. The highest BCUT2D eigenvalue weighted by Crippen LogP contribution is 2.26. The Morgan fingerprint density at radius 2 is 1.65 bits per heavy atom. The average molecular weight is 446 g/mol. The molecule has 2 aromatic carbocycles. The number of hydrogen-bond donors (Lipinski definition) is 1. The molecule has 0 spiro atoms. The third-order valence-corrected chi connectivity index (χ3v) is 8.18. The number of amides is 1. The van der Waals surface area contributed by atoms with E-state index in [4.69, 9.17) is 0 Å². The van der Waals surface area contributed by atoms with Crippen LogP contribution in [0, 0.1) is 17.7 Å². The summed E-state index contributed by atoms with van der Waals surface area (Å²) in [7, 11) is -3.88. The van der Waals surface area contributed by atoms with Gasteiger partial charge in [-0.25, -0.2) is 12.8 Å². The van der Waals surface area contributed by atoms with E-state index in [0.717, 1.165) is 25.6 Å². The van der Waals surface area contributed by atoms with Crippen molar-refractivity contribution in [2.75, 3.05) is 37.6 Å². The van der Waals surface area contributed by atoms with Crippen molar-refractivity contribution in [1.29, 1.82) is 0 Å². The van der Waals surface area contributed by atoms with Crippen molar-refractivity contribution in [3.8, 4) is 0 Å². The van der Waals surface area contributed by atoms with Crippen molar-refractivity contribution in [2.24, 2.45) is 11.8 Å². The molecule has 2 aliphatic heterocycles. The highest BCUT2D eigenvalue weighted by Gasteiger charge is 2.33. The molecule has 1 unspecified atom stereocenters. The normalized spacial score (nSPS) is 20.7. The van der Waals surface area contributed by atoms with E-state index in [0.29, 0.717) is 25.3 Å². The van der Waals surface area contributed by atoms with E-state index in [9.17, 15) is 17.6 Å². The van der Waals surface area contributed by atoms with Crippen LogP contribution in [0.15, 0.2) is 59.5 Å². The number of benzene rings is 2. The molecule has 8 heteroatoms. The van der Waals surface area contributed by atoms with E-state index >= 15 is 0 Å². The topological polar surface area (TPSA) is 69.7 Å². The predicted octanol–water partition coefficient (Wildman–Crippen LogP) is 2.87. The molecule has 1 amide bonds. The van der Waals surface area contributed by atoms with Gasteiger partial charge < -0.3 is 10.2 Å². The molecule has 2 heterocycles. The van der Waals surface area contributed by atoms with E-state index < -0.39 is 15.8 Å². The van der Waals surface area contributed by atoms with Crippen LogP contribution in [0.2, 0.25) is 0 Å². The molecule has 0 aliphatic carbocycles. The Morgan fingerprint density at radius 3 is 2.35 bits per heavy atom. The van der Waals surface area contributed by atoms with Crippen LogP contribution >= 0.6 is 0 Å². The SMILES string of the molecule is O=C(NCC1CCN(c2ccccc2)C1)C1CCN(S(=O)(=O)c2ccccc2F)CC1. The van der Waals surface area contributed by atoms with Gasteiger partial charge in [0.25, 0.3) is 0 Å². The minimum Gasteiger partial charge on any atom is -0.371 e. The number of carbonyl (C=O) groups is 1. The lowest BCUT2D eigenvalue weighted by Gasteiger charge is -2.30. The van der Waals surface area contributed by atoms with Crippen LogP contribution in [-0.4, -0.2) is 51.4 Å². The van der Waals surface area contributed by atoms with Gasteiger partial charge in [0.05, 0.1) is 0 Å². The van der Waals surface area contributed by atoms with Crippen LogP contribution < -0.4 is 10.2 Å². The fourth-order valence-electron chi connectivity index (χ4n) is 4.41. The number of hydrogen-bond acceptors (Lipinski definition) is 4. The van der Waals surface area contributed by atoms with Crippen molar-refractivity contribution < 1.29 is 17.6 Å². The highest BCUT2D eigenvalue weighted by molar-refractivity contribution is 7.89.